The van der Waals surface area contributed by atoms with E-state index in [1.54, 1.807) is 20.8 Å². The van der Waals surface area contributed by atoms with Crippen LogP contribution in [-0.4, -0.2) is 6.16 Å². The molecule has 5 heteroatoms. The van der Waals surface area contributed by atoms with Gasteiger partial charge in [0.05, 0.1) is 0 Å². The molecule has 0 aromatic heterocycles. The van der Waals surface area contributed by atoms with E-state index in [1.807, 2.05) is 0 Å². The molecule has 0 aliphatic rings. The maximum Gasteiger partial charge on any atom is 2.00 e. The maximum atomic E-state index is 10.1. The van der Waals surface area contributed by atoms with E-state index >= 15 is 0 Å². The van der Waals surface area contributed by atoms with Gasteiger partial charge in [-0.2, -0.15) is 7.94 Å². The third-order valence-electron chi connectivity index (χ3n) is 0.668. The van der Waals surface area contributed by atoms with E-state index in [0.29, 0.717) is 0 Å². The minimum atomic E-state index is -4.29. The topological polar surface area (TPSA) is 69.2 Å². The minimum absolute atomic E-state index is 0. The summed E-state index contributed by atoms with van der Waals surface area (Å²) in [6.07, 6.45) is -0.264. The summed E-state index contributed by atoms with van der Waals surface area (Å²) >= 11 is 0. The fraction of sp³-hybridized carbons (Fsp3) is 1.00. The van der Waals surface area contributed by atoms with E-state index in [0.717, 1.165) is 0 Å². The van der Waals surface area contributed by atoms with Crippen molar-refractivity contribution in [1.29, 1.82) is 0 Å². The van der Waals surface area contributed by atoms with Gasteiger partial charge in [0.2, 0.25) is 0 Å². The van der Waals surface area contributed by atoms with Crippen molar-refractivity contribution in [1.82, 2.24) is 0 Å². The Balaban J connectivity index is 0. The van der Waals surface area contributed by atoms with Gasteiger partial charge in [0.1, 0.15) is 0 Å². The summed E-state index contributed by atoms with van der Waals surface area (Å²) in [6, 6.07) is 0. The fourth-order valence-corrected chi connectivity index (χ4v) is 1.74. The van der Waals surface area contributed by atoms with E-state index in [9.17, 15) is 14.7 Å². The first-order valence-corrected chi connectivity index (χ1v) is 4.45. The number of hydrogen-bond donors (Lipinski definition) is 0. The Labute approximate surface area is 74.8 Å². The first-order valence-electron chi connectivity index (χ1n) is 2.72. The fourth-order valence-electron chi connectivity index (χ4n) is 0.581. The van der Waals surface area contributed by atoms with E-state index in [-0.39, 0.29) is 25.6 Å². The molecule has 0 N–H and O–H groups in total. The average Bonchev–Trinajstić information content (AvgIpc) is 1.14. The zero-order chi connectivity index (χ0) is 7.71. The van der Waals surface area contributed by atoms with Crippen LogP contribution in [0.15, 0.2) is 0 Å². The molecule has 0 rings (SSSR count). The molecule has 56 valence electrons. The van der Waals surface area contributed by atoms with Crippen molar-refractivity contribution < 1.29 is 34.2 Å². The van der Waals surface area contributed by atoms with Gasteiger partial charge in [-0.25, -0.2) is 0 Å². The van der Waals surface area contributed by atoms with Crippen LogP contribution < -0.4 is 14.7 Å². The van der Waals surface area contributed by atoms with Crippen molar-refractivity contribution in [2.75, 3.05) is 6.16 Å². The van der Waals surface area contributed by atoms with Crippen molar-refractivity contribution in [3.05, 3.63) is 0 Å². The van der Waals surface area contributed by atoms with Crippen LogP contribution in [0.25, 0.3) is 0 Å². The van der Waals surface area contributed by atoms with Gasteiger partial charge in [0.25, 0.3) is 0 Å². The van der Waals surface area contributed by atoms with Gasteiger partial charge in [0, 0.05) is 6.16 Å². The van der Waals surface area contributed by atoms with Crippen LogP contribution >= 0.6 is 7.94 Å². The second-order valence-electron chi connectivity index (χ2n) is 3.33. The molecule has 10 heavy (non-hydrogen) atoms. The van der Waals surface area contributed by atoms with Gasteiger partial charge >= 0.3 is 19.5 Å². The first kappa shape index (κ1) is 13.5. The summed E-state index contributed by atoms with van der Waals surface area (Å²) in [4.78, 5) is 30.4. The number of rotatable bonds is 1. The molecule has 3 nitrogen and oxygen atoms in total. The molecule has 0 aromatic carbocycles. The molecule has 0 amide bonds. The summed E-state index contributed by atoms with van der Waals surface area (Å²) in [7, 11) is -4.29. The third-order valence-corrected chi connectivity index (χ3v) is 2.00. The van der Waals surface area contributed by atoms with E-state index in [4.69, 9.17) is 0 Å². The van der Waals surface area contributed by atoms with Crippen LogP contribution in [0.4, 0.5) is 0 Å². The van der Waals surface area contributed by atoms with Crippen molar-refractivity contribution in [3.8, 4) is 0 Å². The Bertz CT molecular complexity index is 82.0. The molecular weight excluding hydrogens is 204 g/mol. The standard InChI is InChI=1S/C5H13O3P.Zn/c1-5(2,3)4-9(6,7)8;/h4H2,1-3H3,(H2,6,7,8);/q;+2/p-2. The molecule has 0 radical (unpaired) electrons. The van der Waals surface area contributed by atoms with Gasteiger partial charge in [0.15, 0.2) is 0 Å². The predicted molar refractivity (Wildman–Crippen MR) is 31.2 cm³/mol. The average molecular weight is 216 g/mol. The molecule has 0 aliphatic heterocycles. The second-order valence-corrected chi connectivity index (χ2v) is 4.87. The van der Waals surface area contributed by atoms with Gasteiger partial charge in [-0.3, -0.25) is 0 Å². The second kappa shape index (κ2) is 4.08. The molecule has 0 bridgehead atoms. The molecule has 0 fully saturated rings. The van der Waals surface area contributed by atoms with Gasteiger partial charge in [-0.15, -0.1) is 0 Å². The van der Waals surface area contributed by atoms with E-state index in [2.05, 4.69) is 0 Å². The van der Waals surface area contributed by atoms with Crippen LogP contribution in [0.5, 0.6) is 0 Å². The zero-order valence-corrected chi connectivity index (χ0v) is 10.4. The first-order chi connectivity index (χ1) is 3.71. The summed E-state index contributed by atoms with van der Waals surface area (Å²) in [6.45, 7) is 5.15. The molecule has 0 aliphatic carbocycles. The van der Waals surface area contributed by atoms with E-state index < -0.39 is 13.4 Å². The monoisotopic (exact) mass is 214 g/mol. The minimum Gasteiger partial charge on any atom is -0.688 e. The van der Waals surface area contributed by atoms with Crippen LogP contribution in [0.2, 0.25) is 0 Å². The Morgan fingerprint density at radius 3 is 1.40 bits per heavy atom. The van der Waals surface area contributed by atoms with Crippen molar-refractivity contribution >= 4 is 7.94 Å². The summed E-state index contributed by atoms with van der Waals surface area (Å²) < 4.78 is 0. The van der Waals surface area contributed by atoms with Crippen LogP contribution in [0, 0.1) is 5.41 Å². The smallest absolute Gasteiger partial charge is 0.688 e. The van der Waals surface area contributed by atoms with Crippen molar-refractivity contribution in [3.63, 3.8) is 0 Å². The normalized spacial score (nSPS) is 12.6. The molecule has 0 atom stereocenters. The number of hydrogen-bond acceptors (Lipinski definition) is 3. The summed E-state index contributed by atoms with van der Waals surface area (Å²) in [5.41, 5.74) is -0.404. The van der Waals surface area contributed by atoms with Crippen LogP contribution in [0.1, 0.15) is 20.8 Å². The third kappa shape index (κ3) is 11.7. The zero-order valence-electron chi connectivity index (χ0n) is 6.59. The Hall–Kier alpha value is 0.933. The van der Waals surface area contributed by atoms with Gasteiger partial charge in [-0.05, 0) is 5.41 Å². The quantitative estimate of drug-likeness (QED) is 0.411. The van der Waals surface area contributed by atoms with Crippen molar-refractivity contribution in [2.24, 2.45) is 5.41 Å². The molecule has 0 spiro atoms. The Morgan fingerprint density at radius 2 is 1.40 bits per heavy atom. The molecule has 0 saturated heterocycles. The molecule has 0 saturated carbocycles. The predicted octanol–water partition coefficient (Wildman–Crippen LogP) is -1.13. The maximum absolute atomic E-state index is 10.1. The van der Waals surface area contributed by atoms with Gasteiger partial charge < -0.3 is 14.7 Å². The van der Waals surface area contributed by atoms with Crippen molar-refractivity contribution in [2.45, 2.75) is 20.8 Å². The van der Waals surface area contributed by atoms with E-state index in [1.165, 1.54) is 0 Å². The summed E-state index contributed by atoms with van der Waals surface area (Å²) in [5.74, 6) is 0. The SMILES string of the molecule is CC(C)(C)C[P+]([O-])([O-])[O-].[Zn+2]. The molecule has 0 unspecified atom stereocenters. The summed E-state index contributed by atoms with van der Waals surface area (Å²) in [5, 5.41) is 0. The molecular formula is C5H11O3PZn. The Morgan fingerprint density at radius 1 is 1.10 bits per heavy atom. The van der Waals surface area contributed by atoms with Crippen LogP contribution in [-0.2, 0) is 19.5 Å². The molecule has 0 heterocycles. The Kier molecular flexibility index (Phi) is 5.52. The molecule has 0 aromatic rings. The largest absolute Gasteiger partial charge is 2.00 e. The van der Waals surface area contributed by atoms with Crippen LogP contribution in [0.3, 0.4) is 0 Å². The van der Waals surface area contributed by atoms with Gasteiger partial charge in [-0.1, -0.05) is 20.8 Å².